The molecule has 1 atom stereocenters. The summed E-state index contributed by atoms with van der Waals surface area (Å²) in [5, 5.41) is 14.2. The second-order valence-electron chi connectivity index (χ2n) is 6.18. The van der Waals surface area contributed by atoms with E-state index in [-0.39, 0.29) is 11.3 Å². The molecule has 25 heavy (non-hydrogen) atoms. The molecule has 1 saturated heterocycles. The molecular weight excluding hydrogens is 324 g/mol. The fraction of sp³-hybridized carbons (Fsp3) is 0.588. The number of non-ortho nitro benzene ring substituents is 1. The maximum absolute atomic E-state index is 11.9. The van der Waals surface area contributed by atoms with Crippen molar-refractivity contribution in [2.24, 2.45) is 0 Å². The van der Waals surface area contributed by atoms with E-state index in [2.05, 4.69) is 29.0 Å². The Kier molecular flexibility index (Phi) is 6.72. The summed E-state index contributed by atoms with van der Waals surface area (Å²) in [4.78, 5) is 27.1. The van der Waals surface area contributed by atoms with E-state index >= 15 is 0 Å². The number of nitro benzene ring substituents is 1. The Hall–Kier alpha value is -2.19. The summed E-state index contributed by atoms with van der Waals surface area (Å²) in [6.45, 7) is 10.2. The molecule has 8 heteroatoms. The maximum atomic E-state index is 11.9. The lowest BCUT2D eigenvalue weighted by Crippen LogP contribution is -2.51. The van der Waals surface area contributed by atoms with Gasteiger partial charge in [0.05, 0.1) is 17.6 Å². The van der Waals surface area contributed by atoms with Crippen LogP contribution in [0.3, 0.4) is 0 Å². The largest absolute Gasteiger partial charge is 0.465 e. The van der Waals surface area contributed by atoms with Crippen molar-refractivity contribution in [3.63, 3.8) is 0 Å². The number of ether oxygens (including phenoxy) is 1. The van der Waals surface area contributed by atoms with Gasteiger partial charge in [-0.15, -0.1) is 0 Å². The molecule has 1 aromatic rings. The van der Waals surface area contributed by atoms with E-state index in [0.29, 0.717) is 18.3 Å². The van der Waals surface area contributed by atoms with E-state index in [1.54, 1.807) is 6.07 Å². The third-order valence-electron chi connectivity index (χ3n) is 4.68. The van der Waals surface area contributed by atoms with Crippen LogP contribution in [0.25, 0.3) is 0 Å². The minimum absolute atomic E-state index is 0.130. The number of nitrogens with one attached hydrogen (secondary N) is 1. The molecule has 8 nitrogen and oxygen atoms in total. The topological polar surface area (TPSA) is 88.0 Å². The third-order valence-corrected chi connectivity index (χ3v) is 4.68. The normalized spacial score (nSPS) is 17.1. The molecule has 1 aromatic carbocycles. The van der Waals surface area contributed by atoms with Crippen LogP contribution in [0.1, 0.15) is 24.2 Å². The van der Waals surface area contributed by atoms with Gasteiger partial charge < -0.3 is 15.0 Å². The zero-order chi connectivity index (χ0) is 18.4. The summed E-state index contributed by atoms with van der Waals surface area (Å²) >= 11 is 0. The molecule has 0 bridgehead atoms. The van der Waals surface area contributed by atoms with Gasteiger partial charge in [0, 0.05) is 56.6 Å². The lowest BCUT2D eigenvalue weighted by atomic mass is 10.1. The molecule has 0 aromatic heterocycles. The number of carbonyl (C=O) groups excluding carboxylic acids is 1. The average molecular weight is 350 g/mol. The summed E-state index contributed by atoms with van der Waals surface area (Å²) < 4.78 is 4.74. The van der Waals surface area contributed by atoms with E-state index in [1.165, 1.54) is 19.2 Å². The smallest absolute Gasteiger partial charge is 0.340 e. The number of carbonyl (C=O) groups is 1. The first-order valence-electron chi connectivity index (χ1n) is 8.53. The first-order valence-corrected chi connectivity index (χ1v) is 8.53. The van der Waals surface area contributed by atoms with Gasteiger partial charge in [0.2, 0.25) is 0 Å². The van der Waals surface area contributed by atoms with E-state index in [9.17, 15) is 14.9 Å². The molecule has 1 fully saturated rings. The highest BCUT2D eigenvalue weighted by Gasteiger charge is 2.21. The third kappa shape index (κ3) is 4.90. The monoisotopic (exact) mass is 350 g/mol. The lowest BCUT2D eigenvalue weighted by molar-refractivity contribution is -0.384. The Balaban J connectivity index is 2.02. The highest BCUT2D eigenvalue weighted by molar-refractivity contribution is 5.96. The number of anilines is 1. The van der Waals surface area contributed by atoms with Crippen molar-refractivity contribution in [1.82, 2.24) is 9.80 Å². The van der Waals surface area contributed by atoms with Crippen molar-refractivity contribution in [3.05, 3.63) is 33.9 Å². The molecule has 1 heterocycles. The van der Waals surface area contributed by atoms with Crippen molar-refractivity contribution < 1.29 is 14.5 Å². The summed E-state index contributed by atoms with van der Waals surface area (Å²) in [7, 11) is 1.26. The summed E-state index contributed by atoms with van der Waals surface area (Å²) in [5.74, 6) is -0.588. The molecule has 0 amide bonds. The van der Waals surface area contributed by atoms with Crippen molar-refractivity contribution in [2.45, 2.75) is 19.9 Å². The van der Waals surface area contributed by atoms with Gasteiger partial charge >= 0.3 is 5.97 Å². The number of likely N-dealkylation sites (N-methyl/N-ethyl adjacent to an activating group) is 1. The van der Waals surface area contributed by atoms with Gasteiger partial charge in [-0.25, -0.2) is 4.79 Å². The number of methoxy groups -OCH3 is 1. The molecular formula is C17H26N4O4. The molecule has 0 radical (unpaired) electrons. The number of piperazine rings is 1. The van der Waals surface area contributed by atoms with Crippen LogP contribution in [0.5, 0.6) is 0 Å². The van der Waals surface area contributed by atoms with Crippen LogP contribution in [-0.4, -0.2) is 73.1 Å². The van der Waals surface area contributed by atoms with Crippen LogP contribution in [0.2, 0.25) is 0 Å². The van der Waals surface area contributed by atoms with Gasteiger partial charge in [0.25, 0.3) is 5.69 Å². The second-order valence-corrected chi connectivity index (χ2v) is 6.18. The van der Waals surface area contributed by atoms with Gasteiger partial charge in [-0.2, -0.15) is 0 Å². The average Bonchev–Trinajstić information content (AvgIpc) is 2.65. The predicted molar refractivity (Wildman–Crippen MR) is 96.1 cm³/mol. The number of nitro groups is 1. The van der Waals surface area contributed by atoms with E-state index in [4.69, 9.17) is 4.74 Å². The molecule has 138 valence electrons. The minimum atomic E-state index is -0.588. The Morgan fingerprint density at radius 2 is 2.04 bits per heavy atom. The van der Waals surface area contributed by atoms with Gasteiger partial charge in [0.1, 0.15) is 0 Å². The molecule has 0 spiro atoms. The fourth-order valence-corrected chi connectivity index (χ4v) is 2.99. The minimum Gasteiger partial charge on any atom is -0.465 e. The van der Waals surface area contributed by atoms with Gasteiger partial charge in [-0.1, -0.05) is 6.92 Å². The van der Waals surface area contributed by atoms with Crippen molar-refractivity contribution in [1.29, 1.82) is 0 Å². The summed E-state index contributed by atoms with van der Waals surface area (Å²) in [6, 6.07) is 4.49. The SMILES string of the molecule is CCN1CCN(C(C)CNc2ccc([N+](=O)[O-])cc2C(=O)OC)CC1. The molecule has 0 aliphatic carbocycles. The Bertz CT molecular complexity index is 615. The van der Waals surface area contributed by atoms with Crippen molar-refractivity contribution in [2.75, 3.05) is 51.7 Å². The number of esters is 1. The zero-order valence-electron chi connectivity index (χ0n) is 15.0. The van der Waals surface area contributed by atoms with Crippen LogP contribution >= 0.6 is 0 Å². The van der Waals surface area contributed by atoms with Gasteiger partial charge in [-0.3, -0.25) is 15.0 Å². The van der Waals surface area contributed by atoms with Crippen molar-refractivity contribution in [3.8, 4) is 0 Å². The van der Waals surface area contributed by atoms with Crippen LogP contribution in [0, 0.1) is 10.1 Å². The molecule has 0 saturated carbocycles. The number of hydrogen-bond donors (Lipinski definition) is 1. The highest BCUT2D eigenvalue weighted by atomic mass is 16.6. The standard InChI is InChI=1S/C17H26N4O4/c1-4-19-7-9-20(10-8-19)13(2)12-18-16-6-5-14(21(23)24)11-15(16)17(22)25-3/h5-6,11,13,18H,4,7-10,12H2,1-3H3. The fourth-order valence-electron chi connectivity index (χ4n) is 2.99. The number of nitrogens with zero attached hydrogens (tertiary/aromatic N) is 3. The Morgan fingerprint density at radius 3 is 2.60 bits per heavy atom. The maximum Gasteiger partial charge on any atom is 0.340 e. The summed E-state index contributed by atoms with van der Waals surface area (Å²) in [6.07, 6.45) is 0. The number of hydrogen-bond acceptors (Lipinski definition) is 7. The van der Waals surface area contributed by atoms with Crippen LogP contribution < -0.4 is 5.32 Å². The summed E-state index contributed by atoms with van der Waals surface area (Å²) in [5.41, 5.74) is 0.603. The predicted octanol–water partition coefficient (Wildman–Crippen LogP) is 1.82. The molecule has 1 aliphatic rings. The van der Waals surface area contributed by atoms with Crippen molar-refractivity contribution >= 4 is 17.3 Å². The molecule has 1 N–H and O–H groups in total. The molecule has 2 rings (SSSR count). The lowest BCUT2D eigenvalue weighted by Gasteiger charge is -2.37. The van der Waals surface area contributed by atoms with Crippen LogP contribution in [0.15, 0.2) is 18.2 Å². The van der Waals surface area contributed by atoms with E-state index in [0.717, 1.165) is 32.7 Å². The number of rotatable bonds is 7. The van der Waals surface area contributed by atoms with Crippen LogP contribution in [-0.2, 0) is 4.74 Å². The second kappa shape index (κ2) is 8.77. The highest BCUT2D eigenvalue weighted by Crippen LogP contribution is 2.23. The molecule has 1 unspecified atom stereocenters. The Morgan fingerprint density at radius 1 is 1.36 bits per heavy atom. The quantitative estimate of drug-likeness (QED) is 0.456. The van der Waals surface area contributed by atoms with Gasteiger partial charge in [0.15, 0.2) is 0 Å². The zero-order valence-corrected chi connectivity index (χ0v) is 15.0. The van der Waals surface area contributed by atoms with Gasteiger partial charge in [-0.05, 0) is 19.5 Å². The first-order chi connectivity index (χ1) is 12.0. The van der Waals surface area contributed by atoms with E-state index in [1.807, 2.05) is 0 Å². The first kappa shape index (κ1) is 19.1. The van der Waals surface area contributed by atoms with Crippen LogP contribution in [0.4, 0.5) is 11.4 Å². The number of benzene rings is 1. The van der Waals surface area contributed by atoms with E-state index < -0.39 is 10.9 Å². The Labute approximate surface area is 147 Å². The molecule has 1 aliphatic heterocycles.